The molecule has 0 radical (unpaired) electrons. The van der Waals surface area contributed by atoms with Crippen LogP contribution in [0.5, 0.6) is 11.5 Å². The molecule has 0 N–H and O–H groups in total. The third-order valence-corrected chi connectivity index (χ3v) is 7.96. The highest BCUT2D eigenvalue weighted by Crippen LogP contribution is 2.49. The normalized spacial score (nSPS) is 21.9. The lowest BCUT2D eigenvalue weighted by atomic mass is 9.88. The van der Waals surface area contributed by atoms with E-state index >= 15 is 0 Å². The Bertz CT molecular complexity index is 1480. The molecule has 3 aromatic rings. The summed E-state index contributed by atoms with van der Waals surface area (Å²) in [5.74, 6) is 1.61. The molecule has 0 spiro atoms. The van der Waals surface area contributed by atoms with E-state index in [0.717, 1.165) is 46.7 Å². The van der Waals surface area contributed by atoms with Crippen LogP contribution in [0.1, 0.15) is 22.7 Å². The zero-order valence-electron chi connectivity index (χ0n) is 20.6. The summed E-state index contributed by atoms with van der Waals surface area (Å²) in [5, 5.41) is 3.24. The SMILES string of the molecule is CN1CC2=C(N=C3SC=C(c4ccc5c(c4)OCCO5)N3C2c2ccccc2)/C(=C/c2ccccc2)C1. The first-order valence-electron chi connectivity index (χ1n) is 12.6. The van der Waals surface area contributed by atoms with Gasteiger partial charge in [-0.15, -0.1) is 0 Å². The molecule has 4 aliphatic rings. The minimum atomic E-state index is 0.0556. The topological polar surface area (TPSA) is 37.3 Å². The minimum absolute atomic E-state index is 0.0556. The van der Waals surface area contributed by atoms with Gasteiger partial charge in [-0.3, -0.25) is 4.90 Å². The Morgan fingerprint density at radius 1 is 0.892 bits per heavy atom. The fraction of sp³-hybridized carbons (Fsp3) is 0.194. The van der Waals surface area contributed by atoms with Gasteiger partial charge < -0.3 is 14.4 Å². The highest BCUT2D eigenvalue weighted by Gasteiger charge is 2.41. The summed E-state index contributed by atoms with van der Waals surface area (Å²) in [6.45, 7) is 2.91. The Morgan fingerprint density at radius 2 is 1.65 bits per heavy atom. The van der Waals surface area contributed by atoms with Gasteiger partial charge in [0.1, 0.15) is 13.2 Å². The Morgan fingerprint density at radius 3 is 2.46 bits per heavy atom. The average molecular weight is 506 g/mol. The molecule has 1 atom stereocenters. The van der Waals surface area contributed by atoms with E-state index in [1.54, 1.807) is 11.8 Å². The second-order valence-corrected chi connectivity index (χ2v) is 10.5. The van der Waals surface area contributed by atoms with Gasteiger partial charge in [0.05, 0.1) is 17.4 Å². The largest absolute Gasteiger partial charge is 0.486 e. The van der Waals surface area contributed by atoms with Gasteiger partial charge in [-0.05, 0) is 53.6 Å². The molecule has 3 aromatic carbocycles. The van der Waals surface area contributed by atoms with E-state index in [4.69, 9.17) is 14.5 Å². The number of fused-ring (bicyclic) bond motifs is 2. The molecule has 0 saturated carbocycles. The second kappa shape index (κ2) is 9.29. The Hall–Kier alpha value is -3.74. The third kappa shape index (κ3) is 4.06. The number of rotatable bonds is 3. The van der Waals surface area contributed by atoms with E-state index in [1.165, 1.54) is 22.3 Å². The number of amidine groups is 1. The van der Waals surface area contributed by atoms with Crippen LogP contribution in [0.2, 0.25) is 0 Å². The molecule has 5 nitrogen and oxygen atoms in total. The van der Waals surface area contributed by atoms with Gasteiger partial charge in [-0.2, -0.15) is 0 Å². The quantitative estimate of drug-likeness (QED) is 0.424. The van der Waals surface area contributed by atoms with E-state index in [-0.39, 0.29) is 6.04 Å². The number of ether oxygens (including phenoxy) is 2. The molecule has 7 rings (SSSR count). The van der Waals surface area contributed by atoms with Crippen LogP contribution in [0, 0.1) is 0 Å². The first-order valence-corrected chi connectivity index (χ1v) is 13.5. The maximum atomic E-state index is 5.91. The number of hydrogen-bond donors (Lipinski definition) is 0. The number of nitrogens with zero attached hydrogens (tertiary/aromatic N) is 3. The summed E-state index contributed by atoms with van der Waals surface area (Å²) >= 11 is 1.70. The van der Waals surface area contributed by atoms with Crippen LogP contribution in [-0.4, -0.2) is 48.3 Å². The van der Waals surface area contributed by atoms with Crippen LogP contribution in [0.4, 0.5) is 0 Å². The number of likely N-dealkylation sites (N-methyl/N-ethyl adjacent to an activating group) is 1. The molecule has 4 heterocycles. The molecule has 1 unspecified atom stereocenters. The molecule has 6 heteroatoms. The van der Waals surface area contributed by atoms with Gasteiger partial charge in [0.25, 0.3) is 0 Å². The molecule has 0 fully saturated rings. The van der Waals surface area contributed by atoms with Gasteiger partial charge in [-0.25, -0.2) is 4.99 Å². The van der Waals surface area contributed by atoms with Crippen LogP contribution in [-0.2, 0) is 0 Å². The van der Waals surface area contributed by atoms with Crippen molar-refractivity contribution in [2.24, 2.45) is 4.99 Å². The fourth-order valence-corrected chi connectivity index (χ4v) is 6.45. The lowest BCUT2D eigenvalue weighted by molar-refractivity contribution is 0.171. The van der Waals surface area contributed by atoms with Gasteiger partial charge in [0, 0.05) is 24.1 Å². The van der Waals surface area contributed by atoms with Crippen molar-refractivity contribution < 1.29 is 9.47 Å². The summed E-state index contributed by atoms with van der Waals surface area (Å²) in [4.78, 5) is 10.1. The van der Waals surface area contributed by atoms with Crippen LogP contribution in [0.3, 0.4) is 0 Å². The molecular formula is C31H27N3O2S. The van der Waals surface area contributed by atoms with Gasteiger partial charge >= 0.3 is 0 Å². The second-order valence-electron chi connectivity index (χ2n) is 9.68. The van der Waals surface area contributed by atoms with Crippen molar-refractivity contribution >= 4 is 28.7 Å². The summed E-state index contributed by atoms with van der Waals surface area (Å²) < 4.78 is 11.7. The van der Waals surface area contributed by atoms with Crippen molar-refractivity contribution in [3.8, 4) is 11.5 Å². The summed E-state index contributed by atoms with van der Waals surface area (Å²) in [6, 6.07) is 27.7. The van der Waals surface area contributed by atoms with Crippen LogP contribution in [0.25, 0.3) is 11.8 Å². The molecular weight excluding hydrogens is 478 g/mol. The van der Waals surface area contributed by atoms with Gasteiger partial charge in [-0.1, -0.05) is 72.4 Å². The summed E-state index contributed by atoms with van der Waals surface area (Å²) in [7, 11) is 2.19. The fourth-order valence-electron chi connectivity index (χ4n) is 5.52. The molecule has 0 amide bonds. The van der Waals surface area contributed by atoms with Crippen molar-refractivity contribution in [1.29, 1.82) is 0 Å². The maximum Gasteiger partial charge on any atom is 0.174 e. The van der Waals surface area contributed by atoms with E-state index in [1.807, 2.05) is 6.07 Å². The molecule has 0 aromatic heterocycles. The molecule has 0 bridgehead atoms. The molecule has 184 valence electrons. The monoisotopic (exact) mass is 505 g/mol. The number of benzene rings is 3. The predicted molar refractivity (Wildman–Crippen MR) is 150 cm³/mol. The van der Waals surface area contributed by atoms with Gasteiger partial charge in [0.2, 0.25) is 0 Å². The third-order valence-electron chi connectivity index (χ3n) is 7.12. The zero-order valence-corrected chi connectivity index (χ0v) is 21.4. The van der Waals surface area contributed by atoms with Crippen molar-refractivity contribution in [3.63, 3.8) is 0 Å². The molecule has 0 aliphatic carbocycles. The highest BCUT2D eigenvalue weighted by molar-refractivity contribution is 8.16. The first-order chi connectivity index (χ1) is 18.2. The molecule has 4 aliphatic heterocycles. The van der Waals surface area contributed by atoms with E-state index < -0.39 is 0 Å². The van der Waals surface area contributed by atoms with Crippen LogP contribution >= 0.6 is 11.8 Å². The van der Waals surface area contributed by atoms with Gasteiger partial charge in [0.15, 0.2) is 16.7 Å². The molecule has 0 saturated heterocycles. The Kier molecular flexibility index (Phi) is 5.64. The first kappa shape index (κ1) is 22.5. The van der Waals surface area contributed by atoms with Crippen molar-refractivity contribution in [2.45, 2.75) is 6.04 Å². The van der Waals surface area contributed by atoms with Crippen molar-refractivity contribution in [2.75, 3.05) is 33.4 Å². The Labute approximate surface area is 221 Å². The van der Waals surface area contributed by atoms with Crippen LogP contribution in [0.15, 0.2) is 106 Å². The maximum absolute atomic E-state index is 5.91. The average Bonchev–Trinajstić information content (AvgIpc) is 3.36. The zero-order chi connectivity index (χ0) is 24.8. The molecule has 37 heavy (non-hydrogen) atoms. The number of thioether (sulfide) groups is 1. The lowest BCUT2D eigenvalue weighted by Gasteiger charge is -2.42. The highest BCUT2D eigenvalue weighted by atomic mass is 32.2. The smallest absolute Gasteiger partial charge is 0.174 e. The van der Waals surface area contributed by atoms with Crippen molar-refractivity contribution in [3.05, 3.63) is 118 Å². The predicted octanol–water partition coefficient (Wildman–Crippen LogP) is 6.20. The van der Waals surface area contributed by atoms with E-state index in [2.05, 4.69) is 101 Å². The number of hydrogen-bond acceptors (Lipinski definition) is 6. The minimum Gasteiger partial charge on any atom is -0.486 e. The lowest BCUT2D eigenvalue weighted by Crippen LogP contribution is -2.40. The summed E-state index contributed by atoms with van der Waals surface area (Å²) in [6.07, 6.45) is 2.29. The van der Waals surface area contributed by atoms with E-state index in [9.17, 15) is 0 Å². The standard InChI is InChI=1S/C31H27N3O2S/c1-33-18-24(16-21-8-4-2-5-9-21)29-25(19-33)30(22-10-6-3-7-11-22)34-26(20-37-31(34)32-29)23-12-13-27-28(17-23)36-15-14-35-27/h2-13,16-17,20,30H,14-15,18-19H2,1H3/b24-16+. The Balaban J connectivity index is 1.36. The van der Waals surface area contributed by atoms with Crippen molar-refractivity contribution in [1.82, 2.24) is 9.80 Å². The van der Waals surface area contributed by atoms with Crippen LogP contribution < -0.4 is 9.47 Å². The van der Waals surface area contributed by atoms with E-state index in [0.29, 0.717) is 13.2 Å². The summed E-state index contributed by atoms with van der Waals surface area (Å²) in [5.41, 5.74) is 8.44. The number of aliphatic imine (C=N–C) groups is 1.